The van der Waals surface area contributed by atoms with Gasteiger partial charge < -0.3 is 4.90 Å². The van der Waals surface area contributed by atoms with Gasteiger partial charge in [-0.2, -0.15) is 0 Å². The first kappa shape index (κ1) is 15.0. The number of nitrogens with zero attached hydrogens (tertiary/aromatic N) is 1. The predicted molar refractivity (Wildman–Crippen MR) is 74.5 cm³/mol. The fraction of sp³-hybridized carbons (Fsp3) is 0.600. The average molecular weight is 221 g/mol. The van der Waals surface area contributed by atoms with Crippen LogP contribution in [0.2, 0.25) is 0 Å². The van der Waals surface area contributed by atoms with Gasteiger partial charge in [0.15, 0.2) is 0 Å². The van der Waals surface area contributed by atoms with Gasteiger partial charge in [0.25, 0.3) is 0 Å². The summed E-state index contributed by atoms with van der Waals surface area (Å²) in [6.07, 6.45) is 7.93. The third kappa shape index (κ3) is 4.69. The standard InChI is InChI=1S/C15H27N/c1-7-10-12-16(6)15(9-3)14(5)13(4)11-8-2/h9,11H,5,7-8,10,12H2,1-4,6H3/b13-11+,15-9?. The van der Waals surface area contributed by atoms with Gasteiger partial charge in [0.1, 0.15) is 0 Å². The van der Waals surface area contributed by atoms with E-state index in [-0.39, 0.29) is 0 Å². The van der Waals surface area contributed by atoms with Crippen LogP contribution in [0.15, 0.2) is 35.6 Å². The fourth-order valence-corrected chi connectivity index (χ4v) is 1.77. The van der Waals surface area contributed by atoms with Gasteiger partial charge in [-0.05, 0) is 37.8 Å². The first-order valence-electron chi connectivity index (χ1n) is 6.32. The highest BCUT2D eigenvalue weighted by Gasteiger charge is 2.08. The monoisotopic (exact) mass is 221 g/mol. The van der Waals surface area contributed by atoms with Crippen LogP contribution in [0.25, 0.3) is 0 Å². The molecule has 0 fully saturated rings. The maximum absolute atomic E-state index is 4.20. The topological polar surface area (TPSA) is 3.24 Å². The molecule has 0 amide bonds. The molecule has 0 unspecified atom stereocenters. The Labute approximate surface area is 102 Å². The Balaban J connectivity index is 4.62. The van der Waals surface area contributed by atoms with E-state index < -0.39 is 0 Å². The molecule has 0 heterocycles. The molecule has 16 heavy (non-hydrogen) atoms. The van der Waals surface area contributed by atoms with Crippen LogP contribution in [-0.2, 0) is 0 Å². The van der Waals surface area contributed by atoms with Crippen LogP contribution in [0.4, 0.5) is 0 Å². The minimum atomic E-state index is 1.07. The number of hydrogen-bond donors (Lipinski definition) is 0. The Morgan fingerprint density at radius 3 is 2.38 bits per heavy atom. The molecule has 0 aliphatic carbocycles. The van der Waals surface area contributed by atoms with E-state index in [2.05, 4.69) is 58.4 Å². The summed E-state index contributed by atoms with van der Waals surface area (Å²) in [5.41, 5.74) is 3.71. The summed E-state index contributed by atoms with van der Waals surface area (Å²) in [5.74, 6) is 0. The van der Waals surface area contributed by atoms with E-state index in [1.54, 1.807) is 0 Å². The summed E-state index contributed by atoms with van der Waals surface area (Å²) in [4.78, 5) is 2.30. The van der Waals surface area contributed by atoms with E-state index in [1.807, 2.05) is 0 Å². The van der Waals surface area contributed by atoms with Crippen LogP contribution in [0.3, 0.4) is 0 Å². The molecule has 0 atom stereocenters. The summed E-state index contributed by atoms with van der Waals surface area (Å²) in [5, 5.41) is 0. The second-order valence-corrected chi connectivity index (χ2v) is 4.22. The molecule has 0 N–H and O–H groups in total. The minimum absolute atomic E-state index is 1.07. The number of hydrogen-bond acceptors (Lipinski definition) is 1. The summed E-state index contributed by atoms with van der Waals surface area (Å²) < 4.78 is 0. The third-order valence-corrected chi connectivity index (χ3v) is 2.83. The zero-order valence-electron chi connectivity index (χ0n) is 11.6. The molecule has 92 valence electrons. The molecule has 0 radical (unpaired) electrons. The van der Waals surface area contributed by atoms with Crippen molar-refractivity contribution in [2.75, 3.05) is 13.6 Å². The van der Waals surface area contributed by atoms with Gasteiger partial charge >= 0.3 is 0 Å². The lowest BCUT2D eigenvalue weighted by atomic mass is 10.0. The molecule has 0 aromatic carbocycles. The van der Waals surface area contributed by atoms with Gasteiger partial charge in [-0.25, -0.2) is 0 Å². The SMILES string of the molecule is C=C(C(=CC)N(C)CCCC)/C(C)=C/CC. The molecule has 1 heteroatoms. The maximum Gasteiger partial charge on any atom is 0.0390 e. The van der Waals surface area contributed by atoms with E-state index in [1.165, 1.54) is 24.1 Å². The molecule has 0 aromatic rings. The predicted octanol–water partition coefficient (Wildman–Crippen LogP) is 4.53. The van der Waals surface area contributed by atoms with Crippen molar-refractivity contribution in [1.29, 1.82) is 0 Å². The molecule has 0 saturated heterocycles. The van der Waals surface area contributed by atoms with Crippen molar-refractivity contribution >= 4 is 0 Å². The summed E-state index contributed by atoms with van der Waals surface area (Å²) in [6, 6.07) is 0. The van der Waals surface area contributed by atoms with Gasteiger partial charge in [0, 0.05) is 19.3 Å². The molecule has 0 aromatic heterocycles. The molecule has 0 spiro atoms. The lowest BCUT2D eigenvalue weighted by Gasteiger charge is -2.24. The van der Waals surface area contributed by atoms with Crippen LogP contribution in [-0.4, -0.2) is 18.5 Å². The van der Waals surface area contributed by atoms with E-state index >= 15 is 0 Å². The van der Waals surface area contributed by atoms with Gasteiger partial charge in [-0.3, -0.25) is 0 Å². The lowest BCUT2D eigenvalue weighted by molar-refractivity contribution is 0.413. The molecular formula is C15H27N. The highest BCUT2D eigenvalue weighted by atomic mass is 15.1. The maximum atomic E-state index is 4.20. The Kier molecular flexibility index (Phi) is 7.70. The first-order valence-corrected chi connectivity index (χ1v) is 6.32. The fourth-order valence-electron chi connectivity index (χ4n) is 1.77. The van der Waals surface area contributed by atoms with Crippen LogP contribution in [0, 0.1) is 0 Å². The lowest BCUT2D eigenvalue weighted by Crippen LogP contribution is -2.20. The largest absolute Gasteiger partial charge is 0.374 e. The van der Waals surface area contributed by atoms with Crippen LogP contribution in [0.1, 0.15) is 47.0 Å². The minimum Gasteiger partial charge on any atom is -0.374 e. The molecule has 0 aliphatic heterocycles. The van der Waals surface area contributed by atoms with Gasteiger partial charge in [0.05, 0.1) is 0 Å². The Morgan fingerprint density at radius 1 is 1.31 bits per heavy atom. The van der Waals surface area contributed by atoms with E-state index in [4.69, 9.17) is 0 Å². The number of allylic oxidation sites excluding steroid dienone is 3. The highest BCUT2D eigenvalue weighted by Crippen LogP contribution is 2.20. The molecule has 0 bridgehead atoms. The Morgan fingerprint density at radius 2 is 1.94 bits per heavy atom. The first-order chi connectivity index (χ1) is 7.58. The normalized spacial score (nSPS) is 12.8. The molecule has 0 saturated carbocycles. The quantitative estimate of drug-likeness (QED) is 0.571. The molecule has 1 nitrogen and oxygen atoms in total. The second-order valence-electron chi connectivity index (χ2n) is 4.22. The van der Waals surface area contributed by atoms with E-state index in [9.17, 15) is 0 Å². The van der Waals surface area contributed by atoms with Crippen LogP contribution in [0.5, 0.6) is 0 Å². The van der Waals surface area contributed by atoms with E-state index in [0.717, 1.165) is 18.5 Å². The number of unbranched alkanes of at least 4 members (excludes halogenated alkanes) is 1. The second kappa shape index (κ2) is 8.20. The van der Waals surface area contributed by atoms with Crippen molar-refractivity contribution in [3.63, 3.8) is 0 Å². The van der Waals surface area contributed by atoms with Crippen molar-refractivity contribution in [1.82, 2.24) is 4.90 Å². The van der Waals surface area contributed by atoms with Crippen molar-refractivity contribution in [3.8, 4) is 0 Å². The smallest absolute Gasteiger partial charge is 0.0390 e. The van der Waals surface area contributed by atoms with Gasteiger partial charge in [-0.15, -0.1) is 0 Å². The average Bonchev–Trinajstić information content (AvgIpc) is 2.27. The van der Waals surface area contributed by atoms with E-state index in [0.29, 0.717) is 0 Å². The van der Waals surface area contributed by atoms with Crippen molar-refractivity contribution in [3.05, 3.63) is 35.6 Å². The molecular weight excluding hydrogens is 194 g/mol. The van der Waals surface area contributed by atoms with Crippen molar-refractivity contribution in [2.24, 2.45) is 0 Å². The number of rotatable bonds is 7. The summed E-state index contributed by atoms with van der Waals surface area (Å²) in [7, 11) is 2.15. The Bertz CT molecular complexity index is 271. The summed E-state index contributed by atoms with van der Waals surface area (Å²) >= 11 is 0. The van der Waals surface area contributed by atoms with Gasteiger partial charge in [-0.1, -0.05) is 39.0 Å². The zero-order valence-corrected chi connectivity index (χ0v) is 11.6. The van der Waals surface area contributed by atoms with Crippen molar-refractivity contribution < 1.29 is 0 Å². The summed E-state index contributed by atoms with van der Waals surface area (Å²) in [6.45, 7) is 13.9. The van der Waals surface area contributed by atoms with Crippen LogP contribution >= 0.6 is 0 Å². The number of likely N-dealkylation sites (N-methyl/N-ethyl adjacent to an activating group) is 1. The van der Waals surface area contributed by atoms with Crippen molar-refractivity contribution in [2.45, 2.75) is 47.0 Å². The third-order valence-electron chi connectivity index (χ3n) is 2.83. The molecule has 0 rings (SSSR count). The highest BCUT2D eigenvalue weighted by molar-refractivity contribution is 5.42. The van der Waals surface area contributed by atoms with Crippen LogP contribution < -0.4 is 0 Å². The van der Waals surface area contributed by atoms with Gasteiger partial charge in [0.2, 0.25) is 0 Å². The zero-order chi connectivity index (χ0) is 12.6. The Hall–Kier alpha value is -0.980. The molecule has 0 aliphatic rings.